The first-order valence-corrected chi connectivity index (χ1v) is 13.7. The second-order valence-electron chi connectivity index (χ2n) is 10.2. The van der Waals surface area contributed by atoms with Crippen LogP contribution in [0.15, 0.2) is 18.5 Å². The van der Waals surface area contributed by atoms with Crippen molar-refractivity contribution in [3.05, 3.63) is 24.2 Å². The molecule has 188 valence electrons. The topological polar surface area (TPSA) is 122 Å². The maximum Gasteiger partial charge on any atom is 0.185 e. The molecule has 10 nitrogen and oxygen atoms in total. The summed E-state index contributed by atoms with van der Waals surface area (Å²) in [6, 6.07) is 2.11. The number of fused-ring (bicyclic) bond motifs is 4. The summed E-state index contributed by atoms with van der Waals surface area (Å²) in [6.45, 7) is 11.0. The summed E-state index contributed by atoms with van der Waals surface area (Å²) in [6.07, 6.45) is 4.81. The van der Waals surface area contributed by atoms with Crippen LogP contribution in [0.5, 0.6) is 5.75 Å². The van der Waals surface area contributed by atoms with Crippen molar-refractivity contribution in [2.24, 2.45) is 0 Å². The summed E-state index contributed by atoms with van der Waals surface area (Å²) in [5.41, 5.74) is 2.60. The fourth-order valence-corrected chi connectivity index (χ4v) is 5.19. The molecule has 3 aromatic heterocycles. The van der Waals surface area contributed by atoms with Crippen molar-refractivity contribution in [3.63, 3.8) is 0 Å². The van der Waals surface area contributed by atoms with Gasteiger partial charge in [0.25, 0.3) is 0 Å². The molecular formula is C24H32N6O4S. The number of aromatic amines is 1. The number of rotatable bonds is 5. The Bertz CT molecular complexity index is 1380. The molecule has 0 aliphatic carbocycles. The van der Waals surface area contributed by atoms with Crippen molar-refractivity contribution in [1.82, 2.24) is 19.9 Å². The number of nitrogens with zero attached hydrogens (tertiary/aromatic N) is 4. The van der Waals surface area contributed by atoms with Gasteiger partial charge in [0.1, 0.15) is 22.7 Å². The Kier molecular flexibility index (Phi) is 5.67. The van der Waals surface area contributed by atoms with E-state index in [1.807, 2.05) is 26.1 Å². The zero-order chi connectivity index (χ0) is 25.1. The molecular weight excluding hydrogens is 468 g/mol. The summed E-state index contributed by atoms with van der Waals surface area (Å²) in [4.78, 5) is 19.8. The van der Waals surface area contributed by atoms with Gasteiger partial charge in [-0.2, -0.15) is 0 Å². The average Bonchev–Trinajstić information content (AvgIpc) is 3.25. The monoisotopic (exact) mass is 500 g/mol. The maximum atomic E-state index is 12.9. The molecule has 5 heterocycles. The predicted molar refractivity (Wildman–Crippen MR) is 136 cm³/mol. The van der Waals surface area contributed by atoms with Crippen LogP contribution >= 0.6 is 0 Å². The van der Waals surface area contributed by atoms with E-state index in [1.165, 1.54) is 6.26 Å². The van der Waals surface area contributed by atoms with Crippen molar-refractivity contribution in [1.29, 1.82) is 0 Å². The van der Waals surface area contributed by atoms with Crippen molar-refractivity contribution >= 4 is 32.4 Å². The first-order chi connectivity index (χ1) is 16.5. The smallest absolute Gasteiger partial charge is 0.185 e. The van der Waals surface area contributed by atoms with Gasteiger partial charge in [0, 0.05) is 23.9 Å². The maximum absolute atomic E-state index is 12.9. The third-order valence-corrected chi connectivity index (χ3v) is 8.85. The molecule has 2 aliphatic rings. The molecule has 35 heavy (non-hydrogen) atoms. The van der Waals surface area contributed by atoms with E-state index in [2.05, 4.69) is 27.1 Å². The molecule has 0 radical (unpaired) electrons. The highest BCUT2D eigenvalue weighted by Crippen LogP contribution is 2.45. The summed E-state index contributed by atoms with van der Waals surface area (Å²) in [7, 11) is -3.54. The highest BCUT2D eigenvalue weighted by atomic mass is 32.2. The minimum Gasteiger partial charge on any atom is -0.486 e. The lowest BCUT2D eigenvalue weighted by atomic mass is 10.0. The van der Waals surface area contributed by atoms with Crippen LogP contribution in [0.4, 0.5) is 11.5 Å². The minimum atomic E-state index is -3.54. The summed E-state index contributed by atoms with van der Waals surface area (Å²) >= 11 is 0. The van der Waals surface area contributed by atoms with E-state index in [-0.39, 0.29) is 18.1 Å². The lowest BCUT2D eigenvalue weighted by molar-refractivity contribution is 0.0482. The van der Waals surface area contributed by atoms with Gasteiger partial charge in [-0.1, -0.05) is 0 Å². The summed E-state index contributed by atoms with van der Waals surface area (Å²) < 4.78 is 36.5. The van der Waals surface area contributed by atoms with Crippen LogP contribution in [-0.4, -0.2) is 72.6 Å². The summed E-state index contributed by atoms with van der Waals surface area (Å²) in [5.74, 6) is 1.45. The van der Waals surface area contributed by atoms with Crippen molar-refractivity contribution in [2.75, 3.05) is 36.3 Å². The molecule has 1 unspecified atom stereocenters. The van der Waals surface area contributed by atoms with E-state index in [0.717, 1.165) is 16.6 Å². The number of aromatic nitrogens is 4. The molecule has 5 rings (SSSR count). The van der Waals surface area contributed by atoms with E-state index in [0.29, 0.717) is 48.6 Å². The van der Waals surface area contributed by atoms with Crippen LogP contribution in [0, 0.1) is 0 Å². The van der Waals surface area contributed by atoms with Crippen molar-refractivity contribution in [3.8, 4) is 17.1 Å². The number of anilines is 2. The van der Waals surface area contributed by atoms with Gasteiger partial charge in [-0.3, -0.25) is 0 Å². The van der Waals surface area contributed by atoms with Gasteiger partial charge in [0.15, 0.2) is 27.2 Å². The van der Waals surface area contributed by atoms with Gasteiger partial charge < -0.3 is 24.7 Å². The molecule has 0 bridgehead atoms. The normalized spacial score (nSPS) is 20.5. The SMILES string of the molecule is CC(C)Nc1cnc2[nH]ccc2c1-c1nc2c(c(C(C)(C)S(C)(=O)=O)n1)OCC1COC[C@@H](C)N21. The van der Waals surface area contributed by atoms with Gasteiger partial charge >= 0.3 is 0 Å². The van der Waals surface area contributed by atoms with Gasteiger partial charge in [-0.15, -0.1) is 0 Å². The molecule has 3 aromatic rings. The van der Waals surface area contributed by atoms with E-state index in [4.69, 9.17) is 19.4 Å². The zero-order valence-corrected chi connectivity index (χ0v) is 21.7. The lowest BCUT2D eigenvalue weighted by Crippen LogP contribution is -2.56. The number of ether oxygens (including phenoxy) is 2. The first kappa shape index (κ1) is 23.8. The number of pyridine rings is 1. The summed E-state index contributed by atoms with van der Waals surface area (Å²) in [5, 5.41) is 4.30. The number of hydrogen-bond acceptors (Lipinski definition) is 9. The van der Waals surface area contributed by atoms with E-state index in [9.17, 15) is 8.42 Å². The largest absolute Gasteiger partial charge is 0.486 e. The molecule has 2 aliphatic heterocycles. The Labute approximate surface area is 205 Å². The van der Waals surface area contributed by atoms with Crippen LogP contribution in [0.3, 0.4) is 0 Å². The van der Waals surface area contributed by atoms with E-state index >= 15 is 0 Å². The molecule has 0 aromatic carbocycles. The predicted octanol–water partition coefficient (Wildman–Crippen LogP) is 3.11. The highest BCUT2D eigenvalue weighted by molar-refractivity contribution is 7.91. The fraction of sp³-hybridized carbons (Fsp3) is 0.542. The molecule has 0 saturated carbocycles. The van der Waals surface area contributed by atoms with Crippen LogP contribution in [0.25, 0.3) is 22.4 Å². The van der Waals surface area contributed by atoms with Gasteiger partial charge in [-0.05, 0) is 40.7 Å². The second-order valence-corrected chi connectivity index (χ2v) is 12.7. The third-order valence-electron chi connectivity index (χ3n) is 6.80. The second kappa shape index (κ2) is 8.34. The minimum absolute atomic E-state index is 0.0128. The van der Waals surface area contributed by atoms with E-state index < -0.39 is 14.6 Å². The van der Waals surface area contributed by atoms with Crippen LogP contribution in [-0.2, 0) is 19.3 Å². The third kappa shape index (κ3) is 3.90. The Balaban J connectivity index is 1.83. The standard InChI is InChI=1S/C24H32N6O4S/c1-13(2)27-17-9-26-21-16(7-8-25-21)18(17)22-28-20(24(4,5)35(6,31)32)19-23(29-22)30-14(3)10-33-11-15(30)12-34-19/h7-9,13-15,27H,10-12H2,1-6H3,(H,25,26)/t14-,15?/m1/s1. The Morgan fingerprint density at radius 2 is 2.00 bits per heavy atom. The van der Waals surface area contributed by atoms with Gasteiger partial charge in [0.05, 0.1) is 42.7 Å². The number of morpholine rings is 1. The number of nitrogens with one attached hydrogen (secondary N) is 2. The quantitative estimate of drug-likeness (QED) is 0.544. The van der Waals surface area contributed by atoms with Crippen LogP contribution < -0.4 is 15.0 Å². The van der Waals surface area contributed by atoms with Crippen molar-refractivity contribution < 1.29 is 17.9 Å². The highest BCUT2D eigenvalue weighted by Gasteiger charge is 2.44. The molecule has 0 amide bonds. The lowest BCUT2D eigenvalue weighted by Gasteiger charge is -2.45. The Morgan fingerprint density at radius 3 is 2.71 bits per heavy atom. The van der Waals surface area contributed by atoms with E-state index in [1.54, 1.807) is 20.0 Å². The van der Waals surface area contributed by atoms with Crippen LogP contribution in [0.1, 0.15) is 40.3 Å². The van der Waals surface area contributed by atoms with Gasteiger partial charge in [-0.25, -0.2) is 23.4 Å². The fourth-order valence-electron chi connectivity index (χ4n) is 4.70. The molecule has 0 spiro atoms. The Hall–Kier alpha value is -2.92. The van der Waals surface area contributed by atoms with Crippen molar-refractivity contribution in [2.45, 2.75) is 57.5 Å². The molecule has 1 fully saturated rings. The first-order valence-electron chi connectivity index (χ1n) is 11.8. The number of H-pyrrole nitrogens is 1. The molecule has 2 N–H and O–H groups in total. The Morgan fingerprint density at radius 1 is 1.23 bits per heavy atom. The zero-order valence-electron chi connectivity index (χ0n) is 20.9. The van der Waals surface area contributed by atoms with Crippen LogP contribution in [0.2, 0.25) is 0 Å². The number of hydrogen-bond donors (Lipinski definition) is 2. The average molecular weight is 501 g/mol. The van der Waals surface area contributed by atoms with Gasteiger partial charge in [0.2, 0.25) is 0 Å². The molecule has 2 atom stereocenters. The molecule has 11 heteroatoms. The number of sulfone groups is 1. The molecule has 1 saturated heterocycles.